The van der Waals surface area contributed by atoms with Gasteiger partial charge in [0.25, 0.3) is 0 Å². The summed E-state index contributed by atoms with van der Waals surface area (Å²) in [6.45, 7) is 1.73. The molecule has 0 aliphatic heterocycles. The van der Waals surface area contributed by atoms with E-state index in [2.05, 4.69) is 10.3 Å². The van der Waals surface area contributed by atoms with Gasteiger partial charge in [-0.05, 0) is 24.0 Å². The molecular formula is C15H20ClN5O2S. The number of anilines is 1. The van der Waals surface area contributed by atoms with E-state index in [1.165, 1.54) is 18.3 Å². The number of aromatic nitrogens is 1. The summed E-state index contributed by atoms with van der Waals surface area (Å²) in [6.07, 6.45) is 1.57. The van der Waals surface area contributed by atoms with Gasteiger partial charge in [-0.3, -0.25) is 9.80 Å². The number of nitrogens with zero attached hydrogens (tertiary/aromatic N) is 2. The minimum atomic E-state index is -0.664. The molecule has 1 aromatic carbocycles. The maximum Gasteiger partial charge on any atom is 0.329 e. The van der Waals surface area contributed by atoms with Crippen molar-refractivity contribution in [1.29, 1.82) is 0 Å². The Bertz CT molecular complexity index is 707. The largest absolute Gasteiger partial charge is 0.350 e. The van der Waals surface area contributed by atoms with Crippen LogP contribution in [-0.4, -0.2) is 21.9 Å². The van der Waals surface area contributed by atoms with Gasteiger partial charge in [-0.15, -0.1) is 23.7 Å². The maximum atomic E-state index is 11.0. The average Bonchev–Trinajstić information content (AvgIpc) is 2.92. The molecule has 0 aliphatic rings. The molecule has 1 aromatic heterocycles. The number of nitrogens with two attached hydrogens (primary N) is 2. The topological polar surface area (TPSA) is 114 Å². The van der Waals surface area contributed by atoms with Crippen molar-refractivity contribution in [1.82, 2.24) is 9.99 Å². The van der Waals surface area contributed by atoms with Crippen molar-refractivity contribution in [3.63, 3.8) is 0 Å². The Morgan fingerprint density at radius 3 is 2.67 bits per heavy atom. The van der Waals surface area contributed by atoms with Crippen molar-refractivity contribution in [3.8, 4) is 0 Å². The van der Waals surface area contributed by atoms with E-state index in [1.807, 2.05) is 29.6 Å². The van der Waals surface area contributed by atoms with E-state index in [-0.39, 0.29) is 24.9 Å². The van der Waals surface area contributed by atoms with Crippen LogP contribution in [0.1, 0.15) is 23.7 Å². The number of amides is 3. The number of aryl methyl sites for hydroxylation is 2. The molecule has 2 rings (SSSR count). The Balaban J connectivity index is 0.00000288. The van der Waals surface area contributed by atoms with E-state index in [4.69, 9.17) is 11.6 Å². The molecule has 0 spiro atoms. The van der Waals surface area contributed by atoms with Crippen LogP contribution in [0.25, 0.3) is 0 Å². The van der Waals surface area contributed by atoms with Gasteiger partial charge >= 0.3 is 6.03 Å². The summed E-state index contributed by atoms with van der Waals surface area (Å²) < 4.78 is 0. The number of carbonyl (C=O) groups is 2. The van der Waals surface area contributed by atoms with Gasteiger partial charge in [-0.1, -0.05) is 24.3 Å². The third kappa shape index (κ3) is 6.15. The van der Waals surface area contributed by atoms with Gasteiger partial charge < -0.3 is 11.1 Å². The monoisotopic (exact) mass is 369 g/mol. The smallest absolute Gasteiger partial charge is 0.329 e. The lowest BCUT2D eigenvalue weighted by molar-refractivity contribution is -0.114. The lowest BCUT2D eigenvalue weighted by Crippen LogP contribution is -2.40. The lowest BCUT2D eigenvalue weighted by Gasteiger charge is -2.14. The summed E-state index contributed by atoms with van der Waals surface area (Å²) >= 11 is 1.41. The molecule has 3 amide bonds. The minimum Gasteiger partial charge on any atom is -0.350 e. The third-order valence-corrected chi connectivity index (χ3v) is 3.94. The highest BCUT2D eigenvalue weighted by atomic mass is 35.5. The molecule has 1 heterocycles. The number of rotatable bonds is 6. The number of benzene rings is 1. The fourth-order valence-corrected chi connectivity index (χ4v) is 2.85. The number of nitrogens with one attached hydrogen (secondary N) is 1. The summed E-state index contributed by atoms with van der Waals surface area (Å²) in [5.41, 5.74) is 8.09. The van der Waals surface area contributed by atoms with Crippen LogP contribution in [0.5, 0.6) is 0 Å². The highest BCUT2D eigenvalue weighted by Gasteiger charge is 2.07. The maximum absolute atomic E-state index is 11.0. The standard InChI is InChI=1S/C15H19N5O2S.ClH/c1-10(21)18-15-19-13(9-23-15)6-5-11-3-2-4-12(7-11)8-20(17)14(16)22;/h2-4,7,9H,5-6,8,17H2,1H3,(H2,16,22)(H,18,19,21);1H. The zero-order chi connectivity index (χ0) is 16.8. The second-order valence-electron chi connectivity index (χ2n) is 5.11. The Labute approximate surface area is 150 Å². The van der Waals surface area contributed by atoms with E-state index in [0.29, 0.717) is 5.13 Å². The molecule has 0 atom stereocenters. The summed E-state index contributed by atoms with van der Waals surface area (Å²) in [4.78, 5) is 26.3. The summed E-state index contributed by atoms with van der Waals surface area (Å²) in [7, 11) is 0. The minimum absolute atomic E-state index is 0. The first-order valence-corrected chi connectivity index (χ1v) is 7.93. The van der Waals surface area contributed by atoms with Gasteiger partial charge in [0.15, 0.2) is 5.13 Å². The van der Waals surface area contributed by atoms with E-state index < -0.39 is 6.03 Å². The number of hydrogen-bond acceptors (Lipinski definition) is 5. The average molecular weight is 370 g/mol. The second kappa shape index (κ2) is 9.21. The normalized spacial score (nSPS) is 9.92. The Kier molecular flexibility index (Phi) is 7.63. The van der Waals surface area contributed by atoms with E-state index >= 15 is 0 Å². The predicted octanol–water partition coefficient (Wildman–Crippen LogP) is 2.06. The van der Waals surface area contributed by atoms with Crippen molar-refractivity contribution in [3.05, 3.63) is 46.5 Å². The van der Waals surface area contributed by atoms with Crippen LogP contribution < -0.4 is 16.9 Å². The Morgan fingerprint density at radius 1 is 1.29 bits per heavy atom. The third-order valence-electron chi connectivity index (χ3n) is 3.13. The quantitative estimate of drug-likeness (QED) is 0.410. The van der Waals surface area contributed by atoms with Crippen molar-refractivity contribution in [2.45, 2.75) is 26.3 Å². The van der Waals surface area contributed by atoms with Crippen molar-refractivity contribution in [2.75, 3.05) is 5.32 Å². The molecule has 0 unspecified atom stereocenters. The zero-order valence-electron chi connectivity index (χ0n) is 13.2. The van der Waals surface area contributed by atoms with Crippen LogP contribution in [0.2, 0.25) is 0 Å². The molecule has 0 saturated carbocycles. The fraction of sp³-hybridized carbons (Fsp3) is 0.267. The van der Waals surface area contributed by atoms with Crippen LogP contribution in [0.3, 0.4) is 0 Å². The fourth-order valence-electron chi connectivity index (χ4n) is 2.06. The molecule has 0 fully saturated rings. The lowest BCUT2D eigenvalue weighted by atomic mass is 10.1. The first-order chi connectivity index (χ1) is 10.9. The first kappa shape index (κ1) is 19.9. The van der Waals surface area contributed by atoms with E-state index in [0.717, 1.165) is 34.7 Å². The second-order valence-corrected chi connectivity index (χ2v) is 5.97. The number of carbonyl (C=O) groups excluding carboxylic acids is 2. The molecule has 0 bridgehead atoms. The van der Waals surface area contributed by atoms with Crippen LogP contribution in [0.15, 0.2) is 29.6 Å². The van der Waals surface area contributed by atoms with Crippen LogP contribution >= 0.6 is 23.7 Å². The molecule has 0 saturated heterocycles. The summed E-state index contributed by atoms with van der Waals surface area (Å²) in [5, 5.41) is 6.19. The van der Waals surface area contributed by atoms with Gasteiger partial charge in [0, 0.05) is 12.3 Å². The van der Waals surface area contributed by atoms with Gasteiger partial charge in [0.2, 0.25) is 5.91 Å². The SMILES string of the molecule is CC(=O)Nc1nc(CCc2cccc(CN(N)C(N)=O)c2)cs1.Cl. The first-order valence-electron chi connectivity index (χ1n) is 7.05. The number of halogens is 1. The number of hydrazine groups is 1. The Hall–Kier alpha value is -2.16. The van der Waals surface area contributed by atoms with Crippen LogP contribution in [-0.2, 0) is 24.2 Å². The number of urea groups is 1. The highest BCUT2D eigenvalue weighted by molar-refractivity contribution is 7.13. The molecular weight excluding hydrogens is 350 g/mol. The van der Waals surface area contributed by atoms with Gasteiger partial charge in [0.1, 0.15) is 0 Å². The Morgan fingerprint density at radius 2 is 2.00 bits per heavy atom. The molecule has 7 nitrogen and oxygen atoms in total. The van der Waals surface area contributed by atoms with E-state index in [9.17, 15) is 9.59 Å². The summed E-state index contributed by atoms with van der Waals surface area (Å²) in [6, 6.07) is 7.15. The van der Waals surface area contributed by atoms with Crippen molar-refractivity contribution < 1.29 is 9.59 Å². The summed E-state index contributed by atoms with van der Waals surface area (Å²) in [5.74, 6) is 5.40. The molecule has 5 N–H and O–H groups in total. The molecule has 9 heteroatoms. The molecule has 130 valence electrons. The highest BCUT2D eigenvalue weighted by Crippen LogP contribution is 2.17. The van der Waals surface area contributed by atoms with Gasteiger partial charge in [-0.2, -0.15) is 0 Å². The number of primary amides is 1. The number of hydrogen-bond donors (Lipinski definition) is 3. The molecule has 2 aromatic rings. The van der Waals surface area contributed by atoms with Crippen molar-refractivity contribution in [2.24, 2.45) is 11.6 Å². The zero-order valence-corrected chi connectivity index (χ0v) is 14.8. The van der Waals surface area contributed by atoms with Crippen molar-refractivity contribution >= 4 is 40.8 Å². The van der Waals surface area contributed by atoms with E-state index in [1.54, 1.807) is 0 Å². The van der Waals surface area contributed by atoms with Crippen LogP contribution in [0.4, 0.5) is 9.93 Å². The van der Waals surface area contributed by atoms with Gasteiger partial charge in [-0.25, -0.2) is 15.6 Å². The predicted molar refractivity (Wildman–Crippen MR) is 96.8 cm³/mol. The molecule has 0 radical (unpaired) electrons. The van der Waals surface area contributed by atoms with Crippen LogP contribution in [0, 0.1) is 0 Å². The molecule has 24 heavy (non-hydrogen) atoms. The molecule has 0 aliphatic carbocycles. The van der Waals surface area contributed by atoms with Gasteiger partial charge in [0.05, 0.1) is 12.2 Å². The number of thiazole rings is 1.